The molecule has 0 aliphatic carbocycles. The van der Waals surface area contributed by atoms with E-state index in [9.17, 15) is 18.7 Å². The van der Waals surface area contributed by atoms with Gasteiger partial charge in [-0.15, -0.1) is 11.8 Å². The van der Waals surface area contributed by atoms with E-state index in [0.717, 1.165) is 28.5 Å². The number of rotatable bonds is 6. The van der Waals surface area contributed by atoms with E-state index in [-0.39, 0.29) is 16.9 Å². The highest BCUT2D eigenvalue weighted by Gasteiger charge is 2.23. The van der Waals surface area contributed by atoms with Gasteiger partial charge < -0.3 is 9.52 Å². The number of alkyl halides is 2. The molecule has 30 heavy (non-hydrogen) atoms. The molecule has 0 bridgehead atoms. The van der Waals surface area contributed by atoms with Crippen LogP contribution in [0.3, 0.4) is 0 Å². The molecule has 0 amide bonds. The first-order chi connectivity index (χ1) is 14.1. The molecule has 3 aromatic rings. The van der Waals surface area contributed by atoms with Gasteiger partial charge in [0.1, 0.15) is 17.1 Å². The molecular formula is C24H24F2O3S. The Kier molecular flexibility index (Phi) is 6.36. The van der Waals surface area contributed by atoms with Crippen molar-refractivity contribution in [2.24, 2.45) is 0 Å². The highest BCUT2D eigenvalue weighted by atomic mass is 32.2. The highest BCUT2D eigenvalue weighted by molar-refractivity contribution is 7.99. The Labute approximate surface area is 178 Å². The lowest BCUT2D eigenvalue weighted by Gasteiger charge is -2.13. The fourth-order valence-corrected chi connectivity index (χ4v) is 4.44. The second-order valence-electron chi connectivity index (χ2n) is 7.55. The summed E-state index contributed by atoms with van der Waals surface area (Å²) < 4.78 is 32.0. The second kappa shape index (κ2) is 8.64. The summed E-state index contributed by atoms with van der Waals surface area (Å²) in [7, 11) is 0. The third kappa shape index (κ3) is 4.93. The Hall–Kier alpha value is -2.60. The minimum absolute atomic E-state index is 0.0277. The van der Waals surface area contributed by atoms with Crippen molar-refractivity contribution in [2.75, 3.05) is 5.75 Å². The molecule has 1 heterocycles. The number of halogens is 2. The topological polar surface area (TPSA) is 50.4 Å². The summed E-state index contributed by atoms with van der Waals surface area (Å²) in [5, 5.41) is 10.5. The largest absolute Gasteiger partial charge is 0.507 e. The molecule has 0 atom stereocenters. The molecule has 0 aliphatic heterocycles. The molecule has 1 N–H and O–H groups in total. The van der Waals surface area contributed by atoms with Crippen LogP contribution in [0, 0.1) is 20.8 Å². The predicted molar refractivity (Wildman–Crippen MR) is 117 cm³/mol. The van der Waals surface area contributed by atoms with Crippen LogP contribution in [-0.2, 0) is 12.3 Å². The fraction of sp³-hybridized carbons (Fsp3) is 0.292. The maximum atomic E-state index is 13.3. The lowest BCUT2D eigenvalue weighted by Crippen LogP contribution is -2.08. The zero-order valence-electron chi connectivity index (χ0n) is 17.4. The lowest BCUT2D eigenvalue weighted by molar-refractivity contribution is 0.0174. The Morgan fingerprint density at radius 3 is 2.13 bits per heavy atom. The van der Waals surface area contributed by atoms with Crippen LogP contribution in [0.4, 0.5) is 8.78 Å². The Morgan fingerprint density at radius 1 is 1.00 bits per heavy atom. The van der Waals surface area contributed by atoms with Gasteiger partial charge in [-0.3, -0.25) is 0 Å². The number of aromatic hydroxyl groups is 1. The molecule has 0 saturated carbocycles. The third-order valence-corrected chi connectivity index (χ3v) is 5.90. The van der Waals surface area contributed by atoms with Crippen LogP contribution in [0.2, 0.25) is 0 Å². The third-order valence-electron chi connectivity index (χ3n) is 4.89. The van der Waals surface area contributed by atoms with Crippen molar-refractivity contribution in [2.45, 2.75) is 44.9 Å². The molecule has 2 aromatic carbocycles. The predicted octanol–water partition coefficient (Wildman–Crippen LogP) is 6.38. The maximum absolute atomic E-state index is 13.3. The van der Waals surface area contributed by atoms with Gasteiger partial charge in [0.05, 0.1) is 0 Å². The number of thioether (sulfide) groups is 1. The van der Waals surface area contributed by atoms with Crippen LogP contribution in [-0.4, -0.2) is 10.9 Å². The van der Waals surface area contributed by atoms with Gasteiger partial charge in [-0.05, 0) is 49.6 Å². The quantitative estimate of drug-likeness (QED) is 0.461. The van der Waals surface area contributed by atoms with Crippen molar-refractivity contribution in [3.8, 4) is 16.9 Å². The SMILES string of the molecule is Cc1cc(C)c(-c2c(O)cc(CCSc3ccc(C(C)(F)F)cc3)oc2=O)c(C)c1. The molecule has 0 unspecified atom stereocenters. The summed E-state index contributed by atoms with van der Waals surface area (Å²) in [6.45, 7) is 6.65. The Morgan fingerprint density at radius 2 is 1.60 bits per heavy atom. The standard InChI is InChI=1S/C24H24F2O3S/c1-14-11-15(2)21(16(3)12-14)22-20(27)13-18(29-23(22)28)9-10-30-19-7-5-17(6-8-19)24(4,25)26/h5-8,11-13,27H,9-10H2,1-4H3. The molecular weight excluding hydrogens is 406 g/mol. The van der Waals surface area contributed by atoms with Gasteiger partial charge in [-0.1, -0.05) is 29.8 Å². The van der Waals surface area contributed by atoms with Crippen molar-refractivity contribution < 1.29 is 18.3 Å². The molecule has 0 saturated heterocycles. The van der Waals surface area contributed by atoms with Crippen LogP contribution in [0.25, 0.3) is 11.1 Å². The Bertz CT molecular complexity index is 1090. The average Bonchev–Trinajstić information content (AvgIpc) is 2.63. The van der Waals surface area contributed by atoms with Gasteiger partial charge in [0.2, 0.25) is 0 Å². The first-order valence-electron chi connectivity index (χ1n) is 9.61. The van der Waals surface area contributed by atoms with Crippen LogP contribution in [0.1, 0.15) is 34.9 Å². The first kappa shape index (κ1) is 22.1. The van der Waals surface area contributed by atoms with Crippen molar-refractivity contribution >= 4 is 11.8 Å². The molecule has 158 valence electrons. The zero-order chi connectivity index (χ0) is 22.1. The van der Waals surface area contributed by atoms with Crippen molar-refractivity contribution in [1.29, 1.82) is 0 Å². The van der Waals surface area contributed by atoms with Gasteiger partial charge >= 0.3 is 5.63 Å². The van der Waals surface area contributed by atoms with Crippen LogP contribution in [0.5, 0.6) is 5.75 Å². The van der Waals surface area contributed by atoms with Gasteiger partial charge in [0.15, 0.2) is 0 Å². The zero-order valence-corrected chi connectivity index (χ0v) is 18.2. The Balaban J connectivity index is 1.74. The van der Waals surface area contributed by atoms with Crippen molar-refractivity contribution in [1.82, 2.24) is 0 Å². The molecule has 0 spiro atoms. The number of hydrogen-bond acceptors (Lipinski definition) is 4. The fourth-order valence-electron chi connectivity index (χ4n) is 3.57. The summed E-state index contributed by atoms with van der Waals surface area (Å²) in [5.74, 6) is -2.00. The normalized spacial score (nSPS) is 11.7. The second-order valence-corrected chi connectivity index (χ2v) is 8.71. The minimum atomic E-state index is -2.86. The van der Waals surface area contributed by atoms with Crippen molar-refractivity contribution in [3.05, 3.63) is 80.9 Å². The minimum Gasteiger partial charge on any atom is -0.507 e. The van der Waals surface area contributed by atoms with Crippen LogP contribution >= 0.6 is 11.8 Å². The van der Waals surface area contributed by atoms with E-state index in [1.54, 1.807) is 12.1 Å². The molecule has 3 nitrogen and oxygen atoms in total. The van der Waals surface area contributed by atoms with E-state index in [1.807, 2.05) is 32.9 Å². The van der Waals surface area contributed by atoms with E-state index in [0.29, 0.717) is 23.5 Å². The van der Waals surface area contributed by atoms with Crippen molar-refractivity contribution in [3.63, 3.8) is 0 Å². The summed E-state index contributed by atoms with van der Waals surface area (Å²) in [6.07, 6.45) is 0.422. The molecule has 6 heteroatoms. The van der Waals surface area contributed by atoms with Gasteiger partial charge in [0, 0.05) is 35.6 Å². The number of benzene rings is 2. The summed E-state index contributed by atoms with van der Waals surface area (Å²) >= 11 is 1.46. The van der Waals surface area contributed by atoms with Gasteiger partial charge in [-0.25, -0.2) is 13.6 Å². The summed E-state index contributed by atoms with van der Waals surface area (Å²) in [5.41, 5.74) is 3.17. The van der Waals surface area contributed by atoms with E-state index in [1.165, 1.54) is 30.0 Å². The molecule has 0 aliphatic rings. The van der Waals surface area contributed by atoms with Crippen LogP contribution in [0.15, 0.2) is 56.6 Å². The molecule has 1 aromatic heterocycles. The summed E-state index contributed by atoms with van der Waals surface area (Å²) in [6, 6.07) is 11.5. The lowest BCUT2D eigenvalue weighted by atomic mass is 9.94. The van der Waals surface area contributed by atoms with E-state index in [4.69, 9.17) is 4.42 Å². The molecule has 0 radical (unpaired) electrons. The van der Waals surface area contributed by atoms with E-state index in [2.05, 4.69) is 0 Å². The van der Waals surface area contributed by atoms with Crippen LogP contribution < -0.4 is 5.63 Å². The highest BCUT2D eigenvalue weighted by Crippen LogP contribution is 2.33. The summed E-state index contributed by atoms with van der Waals surface area (Å²) in [4.78, 5) is 13.5. The van der Waals surface area contributed by atoms with Gasteiger partial charge in [0.25, 0.3) is 5.92 Å². The molecule has 3 rings (SSSR count). The monoisotopic (exact) mass is 430 g/mol. The smallest absolute Gasteiger partial charge is 0.347 e. The molecule has 0 fully saturated rings. The average molecular weight is 431 g/mol. The first-order valence-corrected chi connectivity index (χ1v) is 10.6. The number of aryl methyl sites for hydroxylation is 4. The van der Waals surface area contributed by atoms with Gasteiger partial charge in [-0.2, -0.15) is 0 Å². The maximum Gasteiger partial charge on any atom is 0.347 e. The van der Waals surface area contributed by atoms with E-state index < -0.39 is 11.5 Å². The van der Waals surface area contributed by atoms with E-state index >= 15 is 0 Å². The number of hydrogen-bond donors (Lipinski definition) is 1.